The van der Waals surface area contributed by atoms with Crippen LogP contribution in [0.15, 0.2) is 35.4 Å². The normalized spacial score (nSPS) is 16.0. The third kappa shape index (κ3) is 3.67. The van der Waals surface area contributed by atoms with Crippen molar-refractivity contribution in [2.45, 2.75) is 39.7 Å². The van der Waals surface area contributed by atoms with Gasteiger partial charge in [0.05, 0.1) is 18.3 Å². The van der Waals surface area contributed by atoms with E-state index in [4.69, 9.17) is 4.74 Å². The van der Waals surface area contributed by atoms with Crippen molar-refractivity contribution in [1.82, 2.24) is 9.55 Å². The molecule has 0 bridgehead atoms. The van der Waals surface area contributed by atoms with E-state index in [2.05, 4.69) is 17.2 Å². The number of nitrogens with zero attached hydrogens (tertiary/aromatic N) is 2. The molecule has 0 saturated heterocycles. The van der Waals surface area contributed by atoms with Crippen LogP contribution in [0.2, 0.25) is 0 Å². The summed E-state index contributed by atoms with van der Waals surface area (Å²) in [6.45, 7) is 4.69. The number of rotatable bonds is 5. The Hall–Kier alpha value is -2.67. The number of anilines is 1. The molecule has 1 amide bonds. The average molecular weight is 398 g/mol. The molecule has 146 valence electrons. The molecule has 7 heteroatoms. The van der Waals surface area contributed by atoms with Gasteiger partial charge in [-0.2, -0.15) is 0 Å². The Labute approximate surface area is 167 Å². The lowest BCUT2D eigenvalue weighted by Crippen LogP contribution is -2.28. The van der Waals surface area contributed by atoms with Crippen molar-refractivity contribution in [1.29, 1.82) is 0 Å². The zero-order valence-electron chi connectivity index (χ0n) is 16.0. The van der Waals surface area contributed by atoms with Gasteiger partial charge in [-0.25, -0.2) is 4.98 Å². The number of nitrogens with one attached hydrogen (secondary N) is 1. The minimum atomic E-state index is -0.259. The summed E-state index contributed by atoms with van der Waals surface area (Å²) in [5.41, 5.74) is 1.67. The molecule has 1 atom stereocenters. The maximum atomic E-state index is 13.0. The number of carbonyl (C=O) groups excluding carboxylic acids is 1. The molecule has 1 aromatic carbocycles. The van der Waals surface area contributed by atoms with Crippen LogP contribution < -0.4 is 15.6 Å². The molecule has 0 radical (unpaired) electrons. The summed E-state index contributed by atoms with van der Waals surface area (Å²) in [5, 5.41) is 3.52. The van der Waals surface area contributed by atoms with E-state index < -0.39 is 0 Å². The summed E-state index contributed by atoms with van der Waals surface area (Å²) in [4.78, 5) is 31.9. The minimum absolute atomic E-state index is 0.0595. The highest BCUT2D eigenvalue weighted by molar-refractivity contribution is 7.18. The SMILES string of the molecule is CCOc1ccc(NC(=O)Cn2cnc3sc4c(c3c2=O)CC[C@H](C)C4)cc1. The zero-order valence-corrected chi connectivity index (χ0v) is 16.8. The van der Waals surface area contributed by atoms with Gasteiger partial charge in [-0.15, -0.1) is 11.3 Å². The second-order valence-corrected chi connectivity index (χ2v) is 8.30. The van der Waals surface area contributed by atoms with Gasteiger partial charge in [-0.05, 0) is 61.9 Å². The van der Waals surface area contributed by atoms with E-state index in [1.807, 2.05) is 6.92 Å². The molecule has 0 aliphatic heterocycles. The number of hydrogen-bond acceptors (Lipinski definition) is 5. The van der Waals surface area contributed by atoms with Crippen LogP contribution >= 0.6 is 11.3 Å². The number of carbonyl (C=O) groups is 1. The average Bonchev–Trinajstić information content (AvgIpc) is 3.04. The highest BCUT2D eigenvalue weighted by atomic mass is 32.1. The summed E-state index contributed by atoms with van der Waals surface area (Å²) in [7, 11) is 0. The van der Waals surface area contributed by atoms with Crippen LogP contribution in [0.5, 0.6) is 5.75 Å². The van der Waals surface area contributed by atoms with E-state index in [0.29, 0.717) is 23.6 Å². The summed E-state index contributed by atoms with van der Waals surface area (Å²) >= 11 is 1.62. The number of amides is 1. The lowest BCUT2D eigenvalue weighted by Gasteiger charge is -2.17. The molecular weight excluding hydrogens is 374 g/mol. The Morgan fingerprint density at radius 2 is 2.14 bits per heavy atom. The van der Waals surface area contributed by atoms with Gasteiger partial charge in [0.2, 0.25) is 5.91 Å². The molecule has 0 spiro atoms. The van der Waals surface area contributed by atoms with E-state index in [-0.39, 0.29) is 18.0 Å². The standard InChI is InChI=1S/C21H23N3O3S/c1-3-27-15-7-5-14(6-8-15)23-18(25)11-24-12-22-20-19(21(24)26)16-9-4-13(2)10-17(16)28-20/h5-8,12-13H,3-4,9-11H2,1-2H3,(H,23,25)/t13-/m0/s1. The third-order valence-electron chi connectivity index (χ3n) is 5.05. The first-order chi connectivity index (χ1) is 13.5. The van der Waals surface area contributed by atoms with Crippen LogP contribution in [0.3, 0.4) is 0 Å². The molecule has 2 aromatic heterocycles. The van der Waals surface area contributed by atoms with Gasteiger partial charge in [-0.3, -0.25) is 14.2 Å². The first-order valence-electron chi connectivity index (χ1n) is 9.57. The van der Waals surface area contributed by atoms with Crippen molar-refractivity contribution < 1.29 is 9.53 Å². The van der Waals surface area contributed by atoms with Crippen LogP contribution in [0.25, 0.3) is 10.2 Å². The lowest BCUT2D eigenvalue weighted by atomic mass is 9.89. The summed E-state index contributed by atoms with van der Waals surface area (Å²) in [5.74, 6) is 1.13. The van der Waals surface area contributed by atoms with Gasteiger partial charge >= 0.3 is 0 Å². The van der Waals surface area contributed by atoms with E-state index in [9.17, 15) is 9.59 Å². The summed E-state index contributed by atoms with van der Waals surface area (Å²) < 4.78 is 6.80. The number of benzene rings is 1. The molecule has 28 heavy (non-hydrogen) atoms. The molecule has 6 nitrogen and oxygen atoms in total. The predicted molar refractivity (Wildman–Crippen MR) is 111 cm³/mol. The minimum Gasteiger partial charge on any atom is -0.494 e. The fraction of sp³-hybridized carbons (Fsp3) is 0.381. The predicted octanol–water partition coefficient (Wildman–Crippen LogP) is 3.62. The van der Waals surface area contributed by atoms with Gasteiger partial charge in [0, 0.05) is 10.6 Å². The molecule has 3 aromatic rings. The van der Waals surface area contributed by atoms with Crippen LogP contribution in [-0.2, 0) is 24.2 Å². The van der Waals surface area contributed by atoms with Gasteiger partial charge in [-0.1, -0.05) is 6.92 Å². The Kier molecular flexibility index (Phi) is 5.17. The van der Waals surface area contributed by atoms with Crippen LogP contribution in [0, 0.1) is 5.92 Å². The van der Waals surface area contributed by atoms with Crippen LogP contribution in [0.4, 0.5) is 5.69 Å². The smallest absolute Gasteiger partial charge is 0.262 e. The molecule has 1 aliphatic carbocycles. The van der Waals surface area contributed by atoms with Gasteiger partial charge in [0.15, 0.2) is 0 Å². The number of aryl methyl sites for hydroxylation is 1. The number of fused-ring (bicyclic) bond motifs is 3. The van der Waals surface area contributed by atoms with Gasteiger partial charge < -0.3 is 10.1 Å². The van der Waals surface area contributed by atoms with E-state index in [1.165, 1.54) is 15.8 Å². The van der Waals surface area contributed by atoms with E-state index in [1.54, 1.807) is 35.6 Å². The molecule has 0 fully saturated rings. The maximum absolute atomic E-state index is 13.0. The molecule has 1 aliphatic rings. The highest BCUT2D eigenvalue weighted by Crippen LogP contribution is 2.35. The van der Waals surface area contributed by atoms with Crippen molar-refractivity contribution in [3.8, 4) is 5.75 Å². The Balaban J connectivity index is 1.53. The Morgan fingerprint density at radius 3 is 2.89 bits per heavy atom. The molecule has 0 saturated carbocycles. The zero-order chi connectivity index (χ0) is 19.7. The summed E-state index contributed by atoms with van der Waals surface area (Å²) in [6.07, 6.45) is 4.49. The van der Waals surface area contributed by atoms with Crippen molar-refractivity contribution in [2.75, 3.05) is 11.9 Å². The number of hydrogen-bond donors (Lipinski definition) is 1. The molecule has 1 N–H and O–H groups in total. The number of thiophene rings is 1. The monoisotopic (exact) mass is 397 g/mol. The lowest BCUT2D eigenvalue weighted by molar-refractivity contribution is -0.116. The molecule has 0 unspecified atom stereocenters. The quantitative estimate of drug-likeness (QED) is 0.714. The van der Waals surface area contributed by atoms with Crippen LogP contribution in [-0.4, -0.2) is 22.1 Å². The first kappa shape index (κ1) is 18.7. The van der Waals surface area contributed by atoms with Crippen molar-refractivity contribution in [3.63, 3.8) is 0 Å². The highest BCUT2D eigenvalue weighted by Gasteiger charge is 2.23. The maximum Gasteiger partial charge on any atom is 0.262 e. The van der Waals surface area contributed by atoms with Crippen molar-refractivity contribution >= 4 is 33.1 Å². The fourth-order valence-corrected chi connectivity index (χ4v) is 4.98. The van der Waals surface area contributed by atoms with E-state index >= 15 is 0 Å². The van der Waals surface area contributed by atoms with Crippen molar-refractivity contribution in [2.24, 2.45) is 5.92 Å². The molecule has 2 heterocycles. The van der Waals surface area contributed by atoms with Crippen LogP contribution in [0.1, 0.15) is 30.7 Å². The Bertz CT molecular complexity index is 1070. The van der Waals surface area contributed by atoms with E-state index in [0.717, 1.165) is 35.4 Å². The number of aromatic nitrogens is 2. The summed E-state index contributed by atoms with van der Waals surface area (Å²) in [6, 6.07) is 7.17. The topological polar surface area (TPSA) is 73.2 Å². The fourth-order valence-electron chi connectivity index (χ4n) is 3.64. The van der Waals surface area contributed by atoms with Gasteiger partial charge in [0.25, 0.3) is 5.56 Å². The Morgan fingerprint density at radius 1 is 1.36 bits per heavy atom. The molecular formula is C21H23N3O3S. The molecule has 4 rings (SSSR count). The number of ether oxygens (including phenoxy) is 1. The van der Waals surface area contributed by atoms with Crippen molar-refractivity contribution in [3.05, 3.63) is 51.4 Å². The third-order valence-corrected chi connectivity index (χ3v) is 6.21. The second kappa shape index (κ2) is 7.75. The first-order valence-corrected chi connectivity index (χ1v) is 10.4. The van der Waals surface area contributed by atoms with Gasteiger partial charge in [0.1, 0.15) is 17.1 Å². The largest absolute Gasteiger partial charge is 0.494 e. The second-order valence-electron chi connectivity index (χ2n) is 7.22.